The molecule has 1 N–H and O–H groups in total. The van der Waals surface area contributed by atoms with Crippen LogP contribution < -0.4 is 0 Å². The summed E-state index contributed by atoms with van der Waals surface area (Å²) < 4.78 is 13.5. The third kappa shape index (κ3) is 5.57. The highest BCUT2D eigenvalue weighted by Gasteiger charge is 2.02. The van der Waals surface area contributed by atoms with Gasteiger partial charge in [-0.15, -0.1) is 0 Å². The van der Waals surface area contributed by atoms with Crippen molar-refractivity contribution in [2.75, 3.05) is 12.4 Å². The SMILES string of the molecule is CC(C)CSCc1ccc(F)c(C#CCCO)c1. The van der Waals surface area contributed by atoms with Gasteiger partial charge < -0.3 is 5.11 Å². The second kappa shape index (κ2) is 8.18. The predicted molar refractivity (Wildman–Crippen MR) is 76.0 cm³/mol. The zero-order valence-electron chi connectivity index (χ0n) is 10.9. The molecule has 0 heterocycles. The summed E-state index contributed by atoms with van der Waals surface area (Å²) >= 11 is 1.85. The molecule has 1 aromatic rings. The van der Waals surface area contributed by atoms with Crippen molar-refractivity contribution in [3.63, 3.8) is 0 Å². The standard InChI is InChI=1S/C15H19FOS/c1-12(2)10-18-11-13-6-7-15(16)14(9-13)5-3-4-8-17/h6-7,9,12,17H,4,8,10-11H2,1-2H3. The summed E-state index contributed by atoms with van der Waals surface area (Å²) in [5.74, 6) is 7.86. The fourth-order valence-corrected chi connectivity index (χ4v) is 2.39. The minimum atomic E-state index is -0.293. The number of aliphatic hydroxyl groups excluding tert-OH is 1. The maximum Gasteiger partial charge on any atom is 0.138 e. The molecule has 0 aromatic heterocycles. The van der Waals surface area contributed by atoms with Crippen LogP contribution in [0, 0.1) is 23.6 Å². The lowest BCUT2D eigenvalue weighted by molar-refractivity contribution is 0.305. The van der Waals surface area contributed by atoms with E-state index in [1.54, 1.807) is 12.1 Å². The fraction of sp³-hybridized carbons (Fsp3) is 0.467. The van der Waals surface area contributed by atoms with Gasteiger partial charge in [-0.25, -0.2) is 4.39 Å². The number of hydrogen-bond donors (Lipinski definition) is 1. The summed E-state index contributed by atoms with van der Waals surface area (Å²) in [7, 11) is 0. The molecule has 0 saturated carbocycles. The molecule has 0 radical (unpaired) electrons. The summed E-state index contributed by atoms with van der Waals surface area (Å²) in [6, 6.07) is 5.07. The van der Waals surface area contributed by atoms with Crippen molar-refractivity contribution in [3.8, 4) is 11.8 Å². The average Bonchev–Trinajstić information content (AvgIpc) is 2.33. The van der Waals surface area contributed by atoms with Crippen LogP contribution in [0.1, 0.15) is 31.4 Å². The van der Waals surface area contributed by atoms with Crippen LogP contribution in [0.2, 0.25) is 0 Å². The molecule has 0 bridgehead atoms. The molecule has 1 aromatic carbocycles. The Morgan fingerprint density at radius 2 is 2.17 bits per heavy atom. The zero-order valence-corrected chi connectivity index (χ0v) is 11.7. The molecule has 98 valence electrons. The monoisotopic (exact) mass is 266 g/mol. The minimum Gasteiger partial charge on any atom is -0.395 e. The van der Waals surface area contributed by atoms with Crippen LogP contribution in [0.15, 0.2) is 18.2 Å². The molecule has 1 rings (SSSR count). The number of rotatable bonds is 5. The Bertz CT molecular complexity index is 432. The van der Waals surface area contributed by atoms with Crippen LogP contribution in [0.5, 0.6) is 0 Å². The quantitative estimate of drug-likeness (QED) is 0.824. The molecule has 3 heteroatoms. The van der Waals surface area contributed by atoms with Gasteiger partial charge in [-0.3, -0.25) is 0 Å². The van der Waals surface area contributed by atoms with E-state index in [1.807, 2.05) is 11.8 Å². The second-order valence-corrected chi connectivity index (χ2v) is 5.53. The van der Waals surface area contributed by atoms with Crippen LogP contribution in [0.4, 0.5) is 4.39 Å². The summed E-state index contributed by atoms with van der Waals surface area (Å²) in [6.45, 7) is 4.38. The molecule has 18 heavy (non-hydrogen) atoms. The molecular weight excluding hydrogens is 247 g/mol. The van der Waals surface area contributed by atoms with Crippen molar-refractivity contribution in [1.82, 2.24) is 0 Å². The van der Waals surface area contributed by atoms with Gasteiger partial charge in [-0.2, -0.15) is 11.8 Å². The largest absolute Gasteiger partial charge is 0.395 e. The summed E-state index contributed by atoms with van der Waals surface area (Å²) in [6.07, 6.45) is 0.381. The zero-order chi connectivity index (χ0) is 13.4. The molecule has 0 amide bonds. The maximum atomic E-state index is 13.5. The van der Waals surface area contributed by atoms with Gasteiger partial charge in [0.05, 0.1) is 12.2 Å². The first-order chi connectivity index (χ1) is 8.63. The van der Waals surface area contributed by atoms with Gasteiger partial charge >= 0.3 is 0 Å². The third-order valence-corrected chi connectivity index (χ3v) is 3.65. The number of aliphatic hydroxyl groups is 1. The Morgan fingerprint density at radius 1 is 1.39 bits per heavy atom. The normalized spacial score (nSPS) is 10.3. The van der Waals surface area contributed by atoms with E-state index in [0.717, 1.165) is 17.1 Å². The van der Waals surface area contributed by atoms with E-state index >= 15 is 0 Å². The van der Waals surface area contributed by atoms with Gasteiger partial charge in [0.25, 0.3) is 0 Å². The Balaban J connectivity index is 2.66. The van der Waals surface area contributed by atoms with Gasteiger partial charge in [0.1, 0.15) is 5.82 Å². The molecule has 0 aliphatic carbocycles. The molecule has 0 aliphatic rings. The average molecular weight is 266 g/mol. The van der Waals surface area contributed by atoms with Crippen molar-refractivity contribution >= 4 is 11.8 Å². The minimum absolute atomic E-state index is 0.0125. The summed E-state index contributed by atoms with van der Waals surface area (Å²) in [5.41, 5.74) is 1.52. The fourth-order valence-electron chi connectivity index (χ4n) is 1.38. The number of thioether (sulfide) groups is 1. The first-order valence-electron chi connectivity index (χ1n) is 6.09. The highest BCUT2D eigenvalue weighted by Crippen LogP contribution is 2.17. The molecule has 0 aliphatic heterocycles. The van der Waals surface area contributed by atoms with Gasteiger partial charge in [-0.1, -0.05) is 31.8 Å². The lowest BCUT2D eigenvalue weighted by Gasteiger charge is -2.05. The van der Waals surface area contributed by atoms with Crippen LogP contribution >= 0.6 is 11.8 Å². The lowest BCUT2D eigenvalue weighted by Crippen LogP contribution is -1.93. The number of benzene rings is 1. The van der Waals surface area contributed by atoms with Gasteiger partial charge in [0, 0.05) is 12.2 Å². The highest BCUT2D eigenvalue weighted by atomic mass is 32.2. The van der Waals surface area contributed by atoms with E-state index < -0.39 is 0 Å². The highest BCUT2D eigenvalue weighted by molar-refractivity contribution is 7.98. The Kier molecular flexibility index (Phi) is 6.85. The van der Waals surface area contributed by atoms with Crippen LogP contribution in [0.3, 0.4) is 0 Å². The van der Waals surface area contributed by atoms with E-state index in [0.29, 0.717) is 17.9 Å². The van der Waals surface area contributed by atoms with Crippen molar-refractivity contribution in [2.45, 2.75) is 26.0 Å². The predicted octanol–water partition coefficient (Wildman–Crippen LogP) is 3.45. The summed E-state index contributed by atoms with van der Waals surface area (Å²) in [5, 5.41) is 8.64. The van der Waals surface area contributed by atoms with Crippen molar-refractivity contribution in [1.29, 1.82) is 0 Å². The lowest BCUT2D eigenvalue weighted by atomic mass is 10.1. The molecule has 0 saturated heterocycles. The molecular formula is C15H19FOS. The first-order valence-corrected chi connectivity index (χ1v) is 7.25. The molecule has 0 spiro atoms. The molecule has 0 unspecified atom stereocenters. The first kappa shape index (κ1) is 15.1. The third-order valence-electron chi connectivity index (χ3n) is 2.21. The number of halogens is 1. The topological polar surface area (TPSA) is 20.2 Å². The van der Waals surface area contributed by atoms with E-state index in [1.165, 1.54) is 6.07 Å². The van der Waals surface area contributed by atoms with Crippen molar-refractivity contribution < 1.29 is 9.50 Å². The second-order valence-electron chi connectivity index (χ2n) is 4.50. The van der Waals surface area contributed by atoms with Gasteiger partial charge in [0.15, 0.2) is 0 Å². The summed E-state index contributed by atoms with van der Waals surface area (Å²) in [4.78, 5) is 0. The van der Waals surface area contributed by atoms with Crippen LogP contribution in [-0.4, -0.2) is 17.5 Å². The smallest absolute Gasteiger partial charge is 0.138 e. The van der Waals surface area contributed by atoms with E-state index in [2.05, 4.69) is 25.7 Å². The van der Waals surface area contributed by atoms with Gasteiger partial charge in [-0.05, 0) is 29.4 Å². The number of hydrogen-bond acceptors (Lipinski definition) is 2. The van der Waals surface area contributed by atoms with Gasteiger partial charge in [0.2, 0.25) is 0 Å². The van der Waals surface area contributed by atoms with Crippen molar-refractivity contribution in [2.24, 2.45) is 5.92 Å². The van der Waals surface area contributed by atoms with Crippen molar-refractivity contribution in [3.05, 3.63) is 35.1 Å². The van der Waals surface area contributed by atoms with Crippen LogP contribution in [-0.2, 0) is 5.75 Å². The maximum absolute atomic E-state index is 13.5. The Hall–Kier alpha value is -0.980. The van der Waals surface area contributed by atoms with E-state index in [-0.39, 0.29) is 12.4 Å². The molecule has 0 atom stereocenters. The Morgan fingerprint density at radius 3 is 2.83 bits per heavy atom. The van der Waals surface area contributed by atoms with Crippen LogP contribution in [0.25, 0.3) is 0 Å². The van der Waals surface area contributed by atoms with E-state index in [4.69, 9.17) is 5.11 Å². The Labute approximate surface area is 113 Å². The molecule has 0 fully saturated rings. The molecule has 1 nitrogen and oxygen atoms in total. The van der Waals surface area contributed by atoms with E-state index in [9.17, 15) is 4.39 Å².